The molecule has 1 heterocycles. The lowest BCUT2D eigenvalue weighted by Crippen LogP contribution is -2.33. The molecule has 1 aromatic rings. The Morgan fingerprint density at radius 1 is 1.48 bits per heavy atom. The molecule has 1 atom stereocenters. The highest BCUT2D eigenvalue weighted by Gasteiger charge is 2.29. The Labute approximate surface area is 125 Å². The zero-order valence-electron chi connectivity index (χ0n) is 13.0. The third-order valence-electron chi connectivity index (χ3n) is 3.97. The summed E-state index contributed by atoms with van der Waals surface area (Å²) in [6, 6.07) is 5.56. The van der Waals surface area contributed by atoms with Gasteiger partial charge < -0.3 is 14.5 Å². The van der Waals surface area contributed by atoms with E-state index in [-0.39, 0.29) is 17.7 Å². The van der Waals surface area contributed by atoms with E-state index in [4.69, 9.17) is 4.74 Å². The van der Waals surface area contributed by atoms with Crippen molar-refractivity contribution in [2.24, 2.45) is 5.92 Å². The molecule has 2 rings (SSSR count). The largest absolute Gasteiger partial charge is 0.496 e. The second-order valence-corrected chi connectivity index (χ2v) is 5.68. The number of amides is 2. The number of ether oxygens (including phenoxy) is 1. The molecule has 2 amide bonds. The van der Waals surface area contributed by atoms with Crippen LogP contribution >= 0.6 is 0 Å². The highest BCUT2D eigenvalue weighted by Crippen LogP contribution is 2.24. The molecular formula is C16H22N2O3. The summed E-state index contributed by atoms with van der Waals surface area (Å²) in [5.74, 6) is 0.874. The molecule has 0 bridgehead atoms. The molecule has 0 aliphatic carbocycles. The first-order chi connectivity index (χ1) is 9.93. The molecule has 0 spiro atoms. The van der Waals surface area contributed by atoms with Gasteiger partial charge in [0.25, 0.3) is 5.91 Å². The van der Waals surface area contributed by atoms with Gasteiger partial charge in [0.2, 0.25) is 5.91 Å². The number of rotatable bonds is 4. The highest BCUT2D eigenvalue weighted by atomic mass is 16.5. The van der Waals surface area contributed by atoms with Crippen molar-refractivity contribution in [2.75, 3.05) is 34.3 Å². The second-order valence-electron chi connectivity index (χ2n) is 5.68. The van der Waals surface area contributed by atoms with Gasteiger partial charge >= 0.3 is 0 Å². The van der Waals surface area contributed by atoms with Gasteiger partial charge in [-0.15, -0.1) is 0 Å². The normalized spacial score (nSPS) is 18.0. The lowest BCUT2D eigenvalue weighted by Gasteiger charge is -2.22. The highest BCUT2D eigenvalue weighted by molar-refractivity contribution is 5.98. The van der Waals surface area contributed by atoms with E-state index in [1.165, 1.54) is 0 Å². The summed E-state index contributed by atoms with van der Waals surface area (Å²) < 4.78 is 5.29. The minimum absolute atomic E-state index is 0.0630. The molecule has 1 aliphatic rings. The number of nitrogens with zero attached hydrogens (tertiary/aromatic N) is 2. The summed E-state index contributed by atoms with van der Waals surface area (Å²) in [5.41, 5.74) is 1.49. The molecule has 0 radical (unpaired) electrons. The van der Waals surface area contributed by atoms with Crippen molar-refractivity contribution in [1.82, 2.24) is 9.80 Å². The van der Waals surface area contributed by atoms with Crippen molar-refractivity contribution in [3.63, 3.8) is 0 Å². The number of likely N-dealkylation sites (tertiary alicyclic amines) is 1. The molecule has 0 N–H and O–H groups in total. The van der Waals surface area contributed by atoms with E-state index in [2.05, 4.69) is 0 Å². The van der Waals surface area contributed by atoms with Crippen LogP contribution in [0, 0.1) is 12.8 Å². The van der Waals surface area contributed by atoms with Crippen LogP contribution < -0.4 is 4.74 Å². The predicted octanol–water partition coefficient (Wildman–Crippen LogP) is 1.55. The fourth-order valence-electron chi connectivity index (χ4n) is 2.82. The number of hydrogen-bond acceptors (Lipinski definition) is 3. The number of methoxy groups -OCH3 is 1. The van der Waals surface area contributed by atoms with Crippen molar-refractivity contribution < 1.29 is 14.3 Å². The van der Waals surface area contributed by atoms with E-state index in [0.717, 1.165) is 5.56 Å². The van der Waals surface area contributed by atoms with E-state index < -0.39 is 0 Å². The van der Waals surface area contributed by atoms with Crippen LogP contribution in [0.15, 0.2) is 18.2 Å². The van der Waals surface area contributed by atoms with Crippen LogP contribution in [0.25, 0.3) is 0 Å². The molecule has 5 nitrogen and oxygen atoms in total. The standard InChI is InChI=1S/C16H22N2O3/c1-11-6-5-7-13(21-4)15(11)16(20)18(3)10-12-8-14(19)17(2)9-12/h5-7,12H,8-10H2,1-4H3/t12-/m1/s1. The van der Waals surface area contributed by atoms with E-state index >= 15 is 0 Å². The molecule has 0 aromatic heterocycles. The van der Waals surface area contributed by atoms with E-state index in [0.29, 0.717) is 30.8 Å². The van der Waals surface area contributed by atoms with Gasteiger partial charge in [0.15, 0.2) is 0 Å². The quantitative estimate of drug-likeness (QED) is 0.845. The summed E-state index contributed by atoms with van der Waals surface area (Å²) in [4.78, 5) is 27.6. The van der Waals surface area contributed by atoms with Crippen LogP contribution in [0.5, 0.6) is 5.75 Å². The molecule has 114 valence electrons. The van der Waals surface area contributed by atoms with Crippen LogP contribution in [0.2, 0.25) is 0 Å². The molecule has 5 heteroatoms. The van der Waals surface area contributed by atoms with Crippen molar-refractivity contribution in [1.29, 1.82) is 0 Å². The Balaban J connectivity index is 2.11. The topological polar surface area (TPSA) is 49.9 Å². The number of aryl methyl sites for hydroxylation is 1. The first-order valence-electron chi connectivity index (χ1n) is 7.07. The maximum atomic E-state index is 12.6. The lowest BCUT2D eigenvalue weighted by atomic mass is 10.0. The van der Waals surface area contributed by atoms with Gasteiger partial charge in [0, 0.05) is 39.5 Å². The predicted molar refractivity (Wildman–Crippen MR) is 80.4 cm³/mol. The maximum Gasteiger partial charge on any atom is 0.257 e. The van der Waals surface area contributed by atoms with Crippen molar-refractivity contribution in [3.05, 3.63) is 29.3 Å². The molecule has 1 aliphatic heterocycles. The van der Waals surface area contributed by atoms with Gasteiger partial charge in [-0.2, -0.15) is 0 Å². The number of carbonyl (C=O) groups excluding carboxylic acids is 2. The van der Waals surface area contributed by atoms with Crippen molar-refractivity contribution >= 4 is 11.8 Å². The molecule has 1 fully saturated rings. The molecule has 1 aromatic carbocycles. The van der Waals surface area contributed by atoms with Crippen molar-refractivity contribution in [2.45, 2.75) is 13.3 Å². The Morgan fingerprint density at radius 2 is 2.19 bits per heavy atom. The lowest BCUT2D eigenvalue weighted by molar-refractivity contribution is -0.126. The number of benzene rings is 1. The van der Waals surface area contributed by atoms with E-state index in [9.17, 15) is 9.59 Å². The maximum absolute atomic E-state index is 12.6. The van der Waals surface area contributed by atoms with Crippen LogP contribution in [0.4, 0.5) is 0 Å². The summed E-state index contributed by atoms with van der Waals surface area (Å²) in [6.07, 6.45) is 0.513. The van der Waals surface area contributed by atoms with Crippen LogP contribution in [0.1, 0.15) is 22.3 Å². The van der Waals surface area contributed by atoms with Gasteiger partial charge in [-0.05, 0) is 18.6 Å². The SMILES string of the molecule is COc1cccc(C)c1C(=O)N(C)C[C@@H]1CC(=O)N(C)C1. The average molecular weight is 290 g/mol. The van der Waals surface area contributed by atoms with Gasteiger partial charge in [0.05, 0.1) is 12.7 Å². The molecule has 0 unspecified atom stereocenters. The minimum Gasteiger partial charge on any atom is -0.496 e. The Hall–Kier alpha value is -2.04. The third-order valence-corrected chi connectivity index (χ3v) is 3.97. The van der Waals surface area contributed by atoms with Gasteiger partial charge in [-0.3, -0.25) is 9.59 Å². The minimum atomic E-state index is -0.0630. The molecule has 1 saturated heterocycles. The van der Waals surface area contributed by atoms with Crippen LogP contribution in [0.3, 0.4) is 0 Å². The summed E-state index contributed by atoms with van der Waals surface area (Å²) in [7, 11) is 5.14. The van der Waals surface area contributed by atoms with E-state index in [1.54, 1.807) is 37.1 Å². The Bertz CT molecular complexity index is 556. The summed E-state index contributed by atoms with van der Waals surface area (Å²) in [5, 5.41) is 0. The Morgan fingerprint density at radius 3 is 2.76 bits per heavy atom. The van der Waals surface area contributed by atoms with Crippen LogP contribution in [-0.4, -0.2) is 55.9 Å². The second kappa shape index (κ2) is 6.16. The zero-order valence-corrected chi connectivity index (χ0v) is 13.0. The summed E-state index contributed by atoms with van der Waals surface area (Å²) in [6.45, 7) is 3.18. The Kier molecular flexibility index (Phi) is 4.50. The fourth-order valence-corrected chi connectivity index (χ4v) is 2.82. The molecule has 0 saturated carbocycles. The van der Waals surface area contributed by atoms with E-state index in [1.807, 2.05) is 19.1 Å². The summed E-state index contributed by atoms with van der Waals surface area (Å²) >= 11 is 0. The number of hydrogen-bond donors (Lipinski definition) is 0. The first kappa shape index (κ1) is 15.4. The smallest absolute Gasteiger partial charge is 0.257 e. The number of carbonyl (C=O) groups is 2. The van der Waals surface area contributed by atoms with Crippen molar-refractivity contribution in [3.8, 4) is 5.75 Å². The van der Waals surface area contributed by atoms with Gasteiger partial charge in [0.1, 0.15) is 5.75 Å². The van der Waals surface area contributed by atoms with Gasteiger partial charge in [-0.1, -0.05) is 12.1 Å². The van der Waals surface area contributed by atoms with Crippen LogP contribution in [-0.2, 0) is 4.79 Å². The monoisotopic (exact) mass is 290 g/mol. The van der Waals surface area contributed by atoms with Gasteiger partial charge in [-0.25, -0.2) is 0 Å². The molecule has 21 heavy (non-hydrogen) atoms. The third kappa shape index (κ3) is 3.17. The zero-order chi connectivity index (χ0) is 15.6. The average Bonchev–Trinajstić information content (AvgIpc) is 2.76. The fraction of sp³-hybridized carbons (Fsp3) is 0.500. The molecular weight excluding hydrogens is 268 g/mol. The first-order valence-corrected chi connectivity index (χ1v) is 7.07.